The normalized spacial score (nSPS) is 10.5. The minimum Gasteiger partial charge on any atom is -0.545 e. The van der Waals surface area contributed by atoms with Crippen molar-refractivity contribution in [3.05, 3.63) is 33.9 Å². The topological polar surface area (TPSA) is 83.3 Å². The van der Waals surface area contributed by atoms with Gasteiger partial charge in [0.25, 0.3) is 5.69 Å². The van der Waals surface area contributed by atoms with E-state index in [0.29, 0.717) is 10.8 Å². The molecule has 6 heteroatoms. The average molecular weight is 254 g/mol. The van der Waals surface area contributed by atoms with E-state index in [4.69, 9.17) is 0 Å². The number of carboxylic acid groups (broad SMARTS) is 1. The minimum atomic E-state index is -1.41. The first-order chi connectivity index (χ1) is 7.91. The quantitative estimate of drug-likeness (QED) is 0.453. The molecule has 0 unspecified atom stereocenters. The van der Waals surface area contributed by atoms with Gasteiger partial charge in [-0.1, -0.05) is 19.9 Å². The van der Waals surface area contributed by atoms with Gasteiger partial charge in [-0.25, -0.2) is 0 Å². The number of aromatic carboxylic acids is 1. The molecule has 17 heavy (non-hydrogen) atoms. The molecule has 92 valence electrons. The zero-order valence-corrected chi connectivity index (χ0v) is 10.3. The second-order valence-electron chi connectivity index (χ2n) is 3.93. The first-order valence-corrected chi connectivity index (χ1v) is 6.03. The van der Waals surface area contributed by atoms with Crippen LogP contribution in [0.1, 0.15) is 24.2 Å². The number of carboxylic acids is 1. The summed E-state index contributed by atoms with van der Waals surface area (Å²) in [5, 5.41) is 21.4. The number of rotatable bonds is 5. The van der Waals surface area contributed by atoms with E-state index >= 15 is 0 Å². The Hall–Kier alpha value is -1.56. The van der Waals surface area contributed by atoms with Crippen LogP contribution in [0.2, 0.25) is 0 Å². The average Bonchev–Trinajstić information content (AvgIpc) is 2.25. The van der Waals surface area contributed by atoms with Gasteiger partial charge in [0.1, 0.15) is 0 Å². The summed E-state index contributed by atoms with van der Waals surface area (Å²) in [5.41, 5.74) is -0.358. The molecule has 5 nitrogen and oxygen atoms in total. The molecule has 0 saturated heterocycles. The van der Waals surface area contributed by atoms with Gasteiger partial charge in [-0.3, -0.25) is 10.1 Å². The Kier molecular flexibility index (Phi) is 4.51. The largest absolute Gasteiger partial charge is 0.545 e. The predicted octanol–water partition coefficient (Wildman–Crippen LogP) is 1.71. The Balaban J connectivity index is 3.04. The number of carbonyl (C=O) groups excluding carboxylic acids is 1. The number of nitro benzene ring substituents is 1. The number of nitrogens with zero attached hydrogens (tertiary/aromatic N) is 1. The minimum absolute atomic E-state index is 0.175. The molecule has 1 rings (SSSR count). The van der Waals surface area contributed by atoms with Gasteiger partial charge >= 0.3 is 0 Å². The molecule has 0 aromatic heterocycles. The molecule has 0 N–H and O–H groups in total. The molecule has 0 heterocycles. The molecule has 0 saturated carbocycles. The van der Waals surface area contributed by atoms with Crippen molar-refractivity contribution in [1.82, 2.24) is 0 Å². The first-order valence-electron chi connectivity index (χ1n) is 5.04. The fraction of sp³-hybridized carbons (Fsp3) is 0.364. The summed E-state index contributed by atoms with van der Waals surface area (Å²) in [7, 11) is 0. The molecule has 0 aliphatic heterocycles. The highest BCUT2D eigenvalue weighted by atomic mass is 32.2. The maximum atomic E-state index is 10.8. The van der Waals surface area contributed by atoms with Crippen molar-refractivity contribution in [2.75, 3.05) is 5.75 Å². The van der Waals surface area contributed by atoms with Crippen LogP contribution >= 0.6 is 11.8 Å². The summed E-state index contributed by atoms with van der Waals surface area (Å²) >= 11 is 1.35. The van der Waals surface area contributed by atoms with Crippen LogP contribution in [0.5, 0.6) is 0 Å². The van der Waals surface area contributed by atoms with Crippen molar-refractivity contribution >= 4 is 23.4 Å². The van der Waals surface area contributed by atoms with E-state index in [1.807, 2.05) is 13.8 Å². The van der Waals surface area contributed by atoms with Gasteiger partial charge in [0, 0.05) is 17.4 Å². The van der Waals surface area contributed by atoms with Gasteiger partial charge in [-0.05, 0) is 12.0 Å². The number of hydrogen-bond acceptors (Lipinski definition) is 5. The number of thioether (sulfide) groups is 1. The third-order valence-corrected chi connectivity index (χ3v) is 3.45. The van der Waals surface area contributed by atoms with Gasteiger partial charge in [0.15, 0.2) is 0 Å². The second-order valence-corrected chi connectivity index (χ2v) is 4.99. The zero-order valence-electron chi connectivity index (χ0n) is 9.50. The lowest BCUT2D eigenvalue weighted by atomic mass is 10.2. The summed E-state index contributed by atoms with van der Waals surface area (Å²) in [6, 6.07) is 3.82. The molecule has 1 aromatic rings. The van der Waals surface area contributed by atoms with Crippen LogP contribution in [0, 0.1) is 16.0 Å². The molecular weight excluding hydrogens is 242 g/mol. The molecule has 1 aromatic carbocycles. The lowest BCUT2D eigenvalue weighted by Gasteiger charge is -2.07. The van der Waals surface area contributed by atoms with Crippen molar-refractivity contribution < 1.29 is 14.8 Å². The molecule has 0 fully saturated rings. The predicted molar refractivity (Wildman–Crippen MR) is 63.0 cm³/mol. The lowest BCUT2D eigenvalue weighted by Crippen LogP contribution is -2.22. The van der Waals surface area contributed by atoms with Crippen molar-refractivity contribution in [1.29, 1.82) is 0 Å². The van der Waals surface area contributed by atoms with E-state index < -0.39 is 10.9 Å². The summed E-state index contributed by atoms with van der Waals surface area (Å²) < 4.78 is 0. The molecule has 0 atom stereocenters. The standard InChI is InChI=1S/C11H13NO4S/c1-7(2)6-17-10-4-3-8(11(13)14)5-9(10)12(15)16/h3-5,7H,6H2,1-2H3,(H,13,14)/p-1. The molecule has 0 amide bonds. The molecule has 0 radical (unpaired) electrons. The van der Waals surface area contributed by atoms with Gasteiger partial charge in [-0.15, -0.1) is 11.8 Å². The van der Waals surface area contributed by atoms with Crippen molar-refractivity contribution in [2.24, 2.45) is 5.92 Å². The SMILES string of the molecule is CC(C)CSc1ccc(C(=O)[O-])cc1[N+](=O)[O-]. The van der Waals surface area contributed by atoms with Crippen LogP contribution in [0.15, 0.2) is 23.1 Å². The smallest absolute Gasteiger partial charge is 0.283 e. The monoisotopic (exact) mass is 254 g/mol. The van der Waals surface area contributed by atoms with Crippen LogP contribution in [0.4, 0.5) is 5.69 Å². The second kappa shape index (κ2) is 5.67. The highest BCUT2D eigenvalue weighted by molar-refractivity contribution is 7.99. The molecule has 0 aliphatic carbocycles. The van der Waals surface area contributed by atoms with E-state index in [0.717, 1.165) is 11.8 Å². The zero-order chi connectivity index (χ0) is 13.0. The summed E-state index contributed by atoms with van der Waals surface area (Å²) in [5.74, 6) is -0.264. The third-order valence-electron chi connectivity index (χ3n) is 1.96. The molecule has 0 bridgehead atoms. The fourth-order valence-corrected chi connectivity index (χ4v) is 2.12. The van der Waals surface area contributed by atoms with Crippen molar-refractivity contribution in [2.45, 2.75) is 18.7 Å². The van der Waals surface area contributed by atoms with Gasteiger partial charge in [0.05, 0.1) is 15.8 Å². The van der Waals surface area contributed by atoms with Crippen LogP contribution < -0.4 is 5.11 Å². The highest BCUT2D eigenvalue weighted by Crippen LogP contribution is 2.31. The van der Waals surface area contributed by atoms with E-state index in [9.17, 15) is 20.0 Å². The van der Waals surface area contributed by atoms with Crippen molar-refractivity contribution in [3.63, 3.8) is 0 Å². The number of benzene rings is 1. The summed E-state index contributed by atoms with van der Waals surface area (Å²) in [4.78, 5) is 21.3. The summed E-state index contributed by atoms with van der Waals surface area (Å²) in [6.45, 7) is 4.02. The van der Waals surface area contributed by atoms with E-state index in [-0.39, 0.29) is 11.3 Å². The Morgan fingerprint density at radius 2 is 2.12 bits per heavy atom. The Labute approximate surface area is 103 Å². The van der Waals surface area contributed by atoms with Crippen LogP contribution in [-0.4, -0.2) is 16.6 Å². The Morgan fingerprint density at radius 1 is 1.47 bits per heavy atom. The number of carbonyl (C=O) groups is 1. The molecule has 0 spiro atoms. The first kappa shape index (κ1) is 13.5. The Morgan fingerprint density at radius 3 is 2.59 bits per heavy atom. The maximum absolute atomic E-state index is 10.8. The van der Waals surface area contributed by atoms with E-state index in [2.05, 4.69) is 0 Å². The summed E-state index contributed by atoms with van der Waals surface area (Å²) in [6.07, 6.45) is 0. The van der Waals surface area contributed by atoms with Crippen LogP contribution in [0.25, 0.3) is 0 Å². The van der Waals surface area contributed by atoms with Gasteiger partial charge in [0.2, 0.25) is 0 Å². The number of hydrogen-bond donors (Lipinski definition) is 0. The lowest BCUT2D eigenvalue weighted by molar-refractivity contribution is -0.387. The van der Waals surface area contributed by atoms with E-state index in [1.54, 1.807) is 0 Å². The molecule has 0 aliphatic rings. The van der Waals surface area contributed by atoms with Gasteiger partial charge in [-0.2, -0.15) is 0 Å². The van der Waals surface area contributed by atoms with Crippen molar-refractivity contribution in [3.8, 4) is 0 Å². The maximum Gasteiger partial charge on any atom is 0.283 e. The van der Waals surface area contributed by atoms with Gasteiger partial charge < -0.3 is 9.90 Å². The Bertz CT molecular complexity index is 445. The number of nitro groups is 1. The third kappa shape index (κ3) is 3.74. The van der Waals surface area contributed by atoms with Crippen LogP contribution in [-0.2, 0) is 0 Å². The fourth-order valence-electron chi connectivity index (χ4n) is 1.17. The molecular formula is C11H12NO4S-. The van der Waals surface area contributed by atoms with E-state index in [1.165, 1.54) is 23.9 Å². The van der Waals surface area contributed by atoms with Crippen LogP contribution in [0.3, 0.4) is 0 Å². The highest BCUT2D eigenvalue weighted by Gasteiger charge is 2.15.